The van der Waals surface area contributed by atoms with Gasteiger partial charge in [-0.25, -0.2) is 0 Å². The lowest BCUT2D eigenvalue weighted by Gasteiger charge is -2.16. The van der Waals surface area contributed by atoms with Crippen molar-refractivity contribution in [1.29, 1.82) is 0 Å². The second-order valence-electron chi connectivity index (χ2n) is 3.94. The number of aliphatic hydroxyl groups is 1. The number of aromatic nitrogens is 1. The molecule has 1 aromatic carbocycles. The van der Waals surface area contributed by atoms with Gasteiger partial charge in [-0.05, 0) is 23.8 Å². The Balaban J connectivity index is 2.26. The molecule has 0 amide bonds. The minimum Gasteiger partial charge on any atom is -0.496 e. The number of halogens is 1. The number of hydrogen-bond donors (Lipinski definition) is 1. The third-order valence-electron chi connectivity index (χ3n) is 2.72. The molecule has 1 aromatic heterocycles. The van der Waals surface area contributed by atoms with Gasteiger partial charge in [0.25, 0.3) is 0 Å². The number of nitrogens with zero attached hydrogens (tertiary/aromatic N) is 1. The smallest absolute Gasteiger partial charge is 0.126 e. The zero-order chi connectivity index (χ0) is 13.0. The maximum Gasteiger partial charge on any atom is 0.126 e. The largest absolute Gasteiger partial charge is 0.496 e. The maximum absolute atomic E-state index is 10.3. The number of rotatable bonds is 4. The second-order valence-corrected chi connectivity index (χ2v) is 4.34. The molecule has 3 nitrogen and oxygen atoms in total. The summed E-state index contributed by atoms with van der Waals surface area (Å²) in [6.07, 6.45) is 3.17. The van der Waals surface area contributed by atoms with Crippen LogP contribution in [0, 0.1) is 0 Å². The van der Waals surface area contributed by atoms with Crippen molar-refractivity contribution in [3.05, 3.63) is 58.9 Å². The first-order valence-corrected chi connectivity index (χ1v) is 5.99. The van der Waals surface area contributed by atoms with E-state index in [1.807, 2.05) is 12.1 Å². The van der Waals surface area contributed by atoms with Gasteiger partial charge in [-0.3, -0.25) is 4.98 Å². The number of ether oxygens (including phenoxy) is 1. The average molecular weight is 264 g/mol. The van der Waals surface area contributed by atoms with Crippen LogP contribution in [0.25, 0.3) is 0 Å². The molecule has 1 atom stereocenters. The van der Waals surface area contributed by atoms with E-state index in [2.05, 4.69) is 4.98 Å². The molecular weight excluding hydrogens is 250 g/mol. The molecule has 0 radical (unpaired) electrons. The van der Waals surface area contributed by atoms with Crippen LogP contribution in [0.2, 0.25) is 5.02 Å². The number of pyridine rings is 1. The molecule has 0 aliphatic heterocycles. The van der Waals surface area contributed by atoms with Crippen molar-refractivity contribution in [2.24, 2.45) is 0 Å². The zero-order valence-corrected chi connectivity index (χ0v) is 10.8. The Bertz CT molecular complexity index is 516. The molecule has 2 aromatic rings. The van der Waals surface area contributed by atoms with Gasteiger partial charge in [-0.2, -0.15) is 0 Å². The van der Waals surface area contributed by atoms with Gasteiger partial charge < -0.3 is 9.84 Å². The highest BCUT2D eigenvalue weighted by Crippen LogP contribution is 2.33. The fraction of sp³-hybridized carbons (Fsp3) is 0.214. The van der Waals surface area contributed by atoms with Crippen LogP contribution in [-0.2, 0) is 6.42 Å². The van der Waals surface area contributed by atoms with Crippen LogP contribution in [0.1, 0.15) is 17.2 Å². The summed E-state index contributed by atoms with van der Waals surface area (Å²) in [5.41, 5.74) is 1.57. The van der Waals surface area contributed by atoms with Crippen molar-refractivity contribution in [2.75, 3.05) is 7.11 Å². The molecule has 0 bridgehead atoms. The molecule has 0 spiro atoms. The number of methoxy groups -OCH3 is 1. The van der Waals surface area contributed by atoms with Crippen LogP contribution in [0.5, 0.6) is 5.75 Å². The summed E-state index contributed by atoms with van der Waals surface area (Å²) in [5.74, 6) is 0.596. The normalized spacial score (nSPS) is 12.2. The third-order valence-corrected chi connectivity index (χ3v) is 3.05. The number of benzene rings is 1. The van der Waals surface area contributed by atoms with E-state index < -0.39 is 6.10 Å². The molecular formula is C14H14ClNO2. The molecule has 1 unspecified atom stereocenters. The molecule has 18 heavy (non-hydrogen) atoms. The Labute approximate surface area is 111 Å². The fourth-order valence-corrected chi connectivity index (χ4v) is 2.15. The minimum atomic E-state index is -0.710. The molecule has 94 valence electrons. The molecule has 1 N–H and O–H groups in total. The van der Waals surface area contributed by atoms with Gasteiger partial charge in [0.15, 0.2) is 0 Å². The van der Waals surface area contributed by atoms with Crippen molar-refractivity contribution in [3.8, 4) is 5.75 Å². The summed E-state index contributed by atoms with van der Waals surface area (Å²) in [5, 5.41) is 10.8. The molecule has 2 rings (SSSR count). The predicted octanol–water partition coefficient (Wildman–Crippen LogP) is 3.02. The van der Waals surface area contributed by atoms with Crippen molar-refractivity contribution >= 4 is 11.6 Å². The quantitative estimate of drug-likeness (QED) is 0.922. The highest BCUT2D eigenvalue weighted by atomic mass is 35.5. The van der Waals surface area contributed by atoms with Crippen molar-refractivity contribution in [3.63, 3.8) is 0 Å². The molecule has 0 saturated heterocycles. The van der Waals surface area contributed by atoms with E-state index in [9.17, 15) is 5.11 Å². The van der Waals surface area contributed by atoms with Crippen LogP contribution < -0.4 is 4.74 Å². The van der Waals surface area contributed by atoms with Gasteiger partial charge in [0.05, 0.1) is 18.2 Å². The second kappa shape index (κ2) is 5.85. The Kier molecular flexibility index (Phi) is 4.18. The molecule has 4 heteroatoms. The maximum atomic E-state index is 10.3. The summed E-state index contributed by atoms with van der Waals surface area (Å²) in [4.78, 5) is 4.02. The topological polar surface area (TPSA) is 42.4 Å². The van der Waals surface area contributed by atoms with Gasteiger partial charge in [0.1, 0.15) is 5.75 Å². The Morgan fingerprint density at radius 1 is 1.33 bits per heavy atom. The van der Waals surface area contributed by atoms with Gasteiger partial charge in [0, 0.05) is 24.4 Å². The van der Waals surface area contributed by atoms with Crippen molar-refractivity contribution < 1.29 is 9.84 Å². The monoisotopic (exact) mass is 263 g/mol. The molecule has 0 saturated carbocycles. The lowest BCUT2D eigenvalue weighted by molar-refractivity contribution is 0.174. The van der Waals surface area contributed by atoms with Gasteiger partial charge >= 0.3 is 0 Å². The Hall–Kier alpha value is -1.58. The van der Waals surface area contributed by atoms with E-state index >= 15 is 0 Å². The summed E-state index contributed by atoms with van der Waals surface area (Å²) in [6.45, 7) is 0. The molecule has 1 heterocycles. The first-order valence-electron chi connectivity index (χ1n) is 5.61. The number of aliphatic hydroxyl groups excluding tert-OH is 1. The van der Waals surface area contributed by atoms with Crippen LogP contribution in [-0.4, -0.2) is 17.2 Å². The van der Waals surface area contributed by atoms with Crippen LogP contribution >= 0.6 is 11.6 Å². The fourth-order valence-electron chi connectivity index (χ4n) is 1.86. The molecule has 0 aliphatic rings. The van der Waals surface area contributed by atoms with E-state index in [1.54, 1.807) is 37.7 Å². The molecule has 0 fully saturated rings. The van der Waals surface area contributed by atoms with Crippen molar-refractivity contribution in [1.82, 2.24) is 4.98 Å². The highest BCUT2D eigenvalue weighted by molar-refractivity contribution is 6.31. The van der Waals surface area contributed by atoms with Gasteiger partial charge in [0.2, 0.25) is 0 Å². The first kappa shape index (κ1) is 12.9. The van der Waals surface area contributed by atoms with E-state index in [1.165, 1.54) is 0 Å². The molecule has 0 aliphatic carbocycles. The Morgan fingerprint density at radius 2 is 2.17 bits per heavy atom. The van der Waals surface area contributed by atoms with Crippen molar-refractivity contribution in [2.45, 2.75) is 12.5 Å². The lowest BCUT2D eigenvalue weighted by Crippen LogP contribution is -2.05. The zero-order valence-electron chi connectivity index (χ0n) is 10.0. The van der Waals surface area contributed by atoms with Gasteiger partial charge in [-0.15, -0.1) is 0 Å². The van der Waals surface area contributed by atoms with E-state index in [0.29, 0.717) is 22.8 Å². The van der Waals surface area contributed by atoms with Gasteiger partial charge in [-0.1, -0.05) is 23.7 Å². The summed E-state index contributed by atoms with van der Waals surface area (Å²) in [7, 11) is 1.56. The Morgan fingerprint density at radius 3 is 2.83 bits per heavy atom. The third kappa shape index (κ3) is 2.81. The summed E-state index contributed by atoms with van der Waals surface area (Å²) in [6, 6.07) is 9.08. The first-order chi connectivity index (χ1) is 8.72. The van der Waals surface area contributed by atoms with E-state index in [-0.39, 0.29) is 0 Å². The van der Waals surface area contributed by atoms with Crippen LogP contribution in [0.15, 0.2) is 42.7 Å². The standard InChI is InChI=1S/C14H14ClNO2/c1-18-13-6-2-5-11(15)14(13)12(17)8-10-4-3-7-16-9-10/h2-7,9,12,17H,8H2,1H3. The average Bonchev–Trinajstić information content (AvgIpc) is 2.39. The SMILES string of the molecule is COc1cccc(Cl)c1C(O)Cc1cccnc1. The van der Waals surface area contributed by atoms with E-state index in [4.69, 9.17) is 16.3 Å². The number of hydrogen-bond acceptors (Lipinski definition) is 3. The lowest BCUT2D eigenvalue weighted by atomic mass is 10.0. The highest BCUT2D eigenvalue weighted by Gasteiger charge is 2.17. The summed E-state index contributed by atoms with van der Waals surface area (Å²) < 4.78 is 5.22. The predicted molar refractivity (Wildman–Crippen MR) is 70.9 cm³/mol. The van der Waals surface area contributed by atoms with Crippen LogP contribution in [0.4, 0.5) is 0 Å². The van der Waals surface area contributed by atoms with E-state index in [0.717, 1.165) is 5.56 Å². The summed E-state index contributed by atoms with van der Waals surface area (Å²) >= 11 is 6.11. The minimum absolute atomic E-state index is 0.452. The van der Waals surface area contributed by atoms with Crippen LogP contribution in [0.3, 0.4) is 0 Å².